The number of nitrogens with zero attached hydrogens (tertiary/aromatic N) is 2. The molecule has 30 heavy (non-hydrogen) atoms. The zero-order valence-corrected chi connectivity index (χ0v) is 17.5. The third-order valence-electron chi connectivity index (χ3n) is 5.97. The fourth-order valence-electron chi connectivity index (χ4n) is 4.52. The number of nitrogens with one attached hydrogen (secondary N) is 1. The average molecular weight is 416 g/mol. The summed E-state index contributed by atoms with van der Waals surface area (Å²) in [5.74, 6) is 0.341. The lowest BCUT2D eigenvalue weighted by Crippen LogP contribution is -2.14. The highest BCUT2D eigenvalue weighted by molar-refractivity contribution is 6.29. The van der Waals surface area contributed by atoms with Gasteiger partial charge < -0.3 is 4.98 Å². The van der Waals surface area contributed by atoms with Crippen molar-refractivity contribution in [3.63, 3.8) is 0 Å². The Hall–Kier alpha value is -2.98. The summed E-state index contributed by atoms with van der Waals surface area (Å²) in [4.78, 5) is 25.9. The van der Waals surface area contributed by atoms with E-state index in [2.05, 4.69) is 9.97 Å². The summed E-state index contributed by atoms with van der Waals surface area (Å²) < 4.78 is 0. The summed E-state index contributed by atoms with van der Waals surface area (Å²) in [5, 5.41) is 1.05. The van der Waals surface area contributed by atoms with Crippen molar-refractivity contribution >= 4 is 22.6 Å². The lowest BCUT2D eigenvalue weighted by Gasteiger charge is -2.14. The van der Waals surface area contributed by atoms with Gasteiger partial charge in [-0.3, -0.25) is 4.79 Å². The molecule has 0 spiro atoms. The minimum Gasteiger partial charge on any atom is -0.346 e. The van der Waals surface area contributed by atoms with Gasteiger partial charge in [0.25, 0.3) is 0 Å². The van der Waals surface area contributed by atoms with Gasteiger partial charge in [0.2, 0.25) is 0 Å². The molecular weight excluding hydrogens is 394 g/mol. The SMILES string of the molecule is Cc1cc(-c2cc3c(=O)c(C4CCCC4)c[nH]c3nc2-c2ccccc2)cc(Cl)n1. The van der Waals surface area contributed by atoms with E-state index in [1.807, 2.05) is 61.7 Å². The number of hydrogen-bond acceptors (Lipinski definition) is 3. The number of pyridine rings is 3. The highest BCUT2D eigenvalue weighted by Crippen LogP contribution is 2.35. The molecule has 5 rings (SSSR count). The van der Waals surface area contributed by atoms with Crippen LogP contribution >= 0.6 is 11.6 Å². The Kier molecular flexibility index (Phi) is 4.87. The molecule has 1 N–H and O–H groups in total. The molecule has 1 aromatic carbocycles. The van der Waals surface area contributed by atoms with Gasteiger partial charge in [0.15, 0.2) is 5.43 Å². The van der Waals surface area contributed by atoms with Crippen LogP contribution in [0, 0.1) is 6.92 Å². The normalized spacial score (nSPS) is 14.5. The molecule has 1 aliphatic rings. The predicted octanol–water partition coefficient (Wildman–Crippen LogP) is 6.27. The topological polar surface area (TPSA) is 58.6 Å². The van der Waals surface area contributed by atoms with Crippen molar-refractivity contribution in [3.8, 4) is 22.4 Å². The van der Waals surface area contributed by atoms with E-state index < -0.39 is 0 Å². The van der Waals surface area contributed by atoms with Crippen LogP contribution in [0.5, 0.6) is 0 Å². The Morgan fingerprint density at radius 1 is 1.00 bits per heavy atom. The second kappa shape index (κ2) is 7.69. The van der Waals surface area contributed by atoms with Crippen molar-refractivity contribution in [2.24, 2.45) is 0 Å². The molecule has 0 amide bonds. The van der Waals surface area contributed by atoms with Crippen LogP contribution in [-0.4, -0.2) is 15.0 Å². The largest absolute Gasteiger partial charge is 0.346 e. The second-order valence-electron chi connectivity index (χ2n) is 8.02. The number of benzene rings is 1. The molecule has 0 atom stereocenters. The number of hydrogen-bond donors (Lipinski definition) is 1. The van der Waals surface area contributed by atoms with Crippen molar-refractivity contribution in [3.05, 3.63) is 81.4 Å². The number of halogens is 1. The van der Waals surface area contributed by atoms with Crippen molar-refractivity contribution in [2.75, 3.05) is 0 Å². The van der Waals surface area contributed by atoms with E-state index in [0.29, 0.717) is 22.1 Å². The molecule has 1 fully saturated rings. The highest BCUT2D eigenvalue weighted by atomic mass is 35.5. The Labute approximate surface area is 180 Å². The maximum absolute atomic E-state index is 13.4. The Bertz CT molecular complexity index is 1270. The van der Waals surface area contributed by atoms with Crippen LogP contribution in [0.25, 0.3) is 33.4 Å². The van der Waals surface area contributed by atoms with Gasteiger partial charge in [0, 0.05) is 28.6 Å². The first-order chi connectivity index (χ1) is 14.6. The smallest absolute Gasteiger partial charge is 0.194 e. The van der Waals surface area contributed by atoms with Gasteiger partial charge in [-0.15, -0.1) is 0 Å². The first kappa shape index (κ1) is 19.0. The van der Waals surface area contributed by atoms with E-state index in [1.54, 1.807) is 0 Å². The number of fused-ring (bicyclic) bond motifs is 1. The zero-order chi connectivity index (χ0) is 20.7. The molecule has 1 aliphatic carbocycles. The van der Waals surface area contributed by atoms with Gasteiger partial charge in [0.1, 0.15) is 10.8 Å². The lowest BCUT2D eigenvalue weighted by molar-refractivity contribution is 0.715. The Morgan fingerprint density at radius 2 is 1.77 bits per heavy atom. The van der Waals surface area contributed by atoms with E-state index in [4.69, 9.17) is 16.6 Å². The monoisotopic (exact) mass is 415 g/mol. The molecular formula is C25H22ClN3O. The zero-order valence-electron chi connectivity index (χ0n) is 16.8. The van der Waals surface area contributed by atoms with Crippen LogP contribution in [0.1, 0.15) is 42.9 Å². The summed E-state index contributed by atoms with van der Waals surface area (Å²) >= 11 is 6.26. The molecule has 0 unspecified atom stereocenters. The fraction of sp³-hybridized carbons (Fsp3) is 0.240. The summed E-state index contributed by atoms with van der Waals surface area (Å²) in [7, 11) is 0. The molecule has 0 saturated heterocycles. The molecule has 4 nitrogen and oxygen atoms in total. The minimum absolute atomic E-state index is 0.0842. The maximum atomic E-state index is 13.4. The molecule has 5 heteroatoms. The molecule has 4 aromatic rings. The van der Waals surface area contributed by atoms with Crippen molar-refractivity contribution in [1.82, 2.24) is 15.0 Å². The van der Waals surface area contributed by atoms with Crippen LogP contribution in [0.3, 0.4) is 0 Å². The summed E-state index contributed by atoms with van der Waals surface area (Å²) in [6.07, 6.45) is 6.41. The average Bonchev–Trinajstić information content (AvgIpc) is 3.28. The van der Waals surface area contributed by atoms with E-state index in [1.165, 1.54) is 12.8 Å². The lowest BCUT2D eigenvalue weighted by atomic mass is 9.95. The van der Waals surface area contributed by atoms with Gasteiger partial charge in [-0.25, -0.2) is 9.97 Å². The highest BCUT2D eigenvalue weighted by Gasteiger charge is 2.22. The van der Waals surface area contributed by atoms with Crippen LogP contribution in [-0.2, 0) is 0 Å². The van der Waals surface area contributed by atoms with Gasteiger partial charge in [-0.05, 0) is 49.4 Å². The maximum Gasteiger partial charge on any atom is 0.194 e. The molecule has 3 heterocycles. The van der Waals surface area contributed by atoms with Gasteiger partial charge in [-0.1, -0.05) is 54.8 Å². The van der Waals surface area contributed by atoms with E-state index >= 15 is 0 Å². The molecule has 1 saturated carbocycles. The van der Waals surface area contributed by atoms with Crippen LogP contribution in [0.15, 0.2) is 59.5 Å². The van der Waals surface area contributed by atoms with E-state index in [9.17, 15) is 4.79 Å². The first-order valence-electron chi connectivity index (χ1n) is 10.4. The fourth-order valence-corrected chi connectivity index (χ4v) is 4.77. The third-order valence-corrected chi connectivity index (χ3v) is 6.16. The molecule has 150 valence electrons. The van der Waals surface area contributed by atoms with E-state index in [0.717, 1.165) is 46.5 Å². The predicted molar refractivity (Wildman–Crippen MR) is 122 cm³/mol. The molecule has 3 aromatic heterocycles. The van der Waals surface area contributed by atoms with Crippen molar-refractivity contribution in [2.45, 2.75) is 38.5 Å². The van der Waals surface area contributed by atoms with Crippen molar-refractivity contribution < 1.29 is 0 Å². The summed E-state index contributed by atoms with van der Waals surface area (Å²) in [6.45, 7) is 1.91. The number of aryl methyl sites for hydroxylation is 1. The Morgan fingerprint density at radius 3 is 2.50 bits per heavy atom. The second-order valence-corrected chi connectivity index (χ2v) is 8.41. The number of H-pyrrole nitrogens is 1. The number of aromatic amines is 1. The Balaban J connectivity index is 1.79. The van der Waals surface area contributed by atoms with Gasteiger partial charge >= 0.3 is 0 Å². The third kappa shape index (κ3) is 3.41. The van der Waals surface area contributed by atoms with Crippen LogP contribution in [0.4, 0.5) is 0 Å². The van der Waals surface area contributed by atoms with E-state index in [-0.39, 0.29) is 5.43 Å². The van der Waals surface area contributed by atoms with Crippen LogP contribution in [0.2, 0.25) is 5.15 Å². The molecule has 0 radical (unpaired) electrons. The van der Waals surface area contributed by atoms with Crippen LogP contribution < -0.4 is 5.43 Å². The van der Waals surface area contributed by atoms with Gasteiger partial charge in [0.05, 0.1) is 11.1 Å². The standard InChI is InChI=1S/C25H22ClN3O/c1-15-11-18(12-22(26)28-15)19-13-20-24(30)21(16-7-5-6-8-16)14-27-25(20)29-23(19)17-9-3-2-4-10-17/h2-4,9-14,16H,5-8H2,1H3,(H,27,29,30). The minimum atomic E-state index is 0.0842. The summed E-state index contributed by atoms with van der Waals surface area (Å²) in [6, 6.07) is 15.8. The summed E-state index contributed by atoms with van der Waals surface area (Å²) in [5.41, 5.74) is 5.99. The molecule has 0 bridgehead atoms. The quantitative estimate of drug-likeness (QED) is 0.401. The molecule has 0 aliphatic heterocycles. The van der Waals surface area contributed by atoms with Gasteiger partial charge in [-0.2, -0.15) is 0 Å². The number of aromatic nitrogens is 3. The first-order valence-corrected chi connectivity index (χ1v) is 10.7. The van der Waals surface area contributed by atoms with Crippen molar-refractivity contribution in [1.29, 1.82) is 0 Å². The number of rotatable bonds is 3.